The molecule has 2 aromatic heterocycles. The van der Waals surface area contributed by atoms with E-state index in [2.05, 4.69) is 29.1 Å². The maximum Gasteiger partial charge on any atom is 0.265 e. The number of ether oxygens (including phenoxy) is 1. The van der Waals surface area contributed by atoms with Crippen molar-refractivity contribution in [3.63, 3.8) is 0 Å². The summed E-state index contributed by atoms with van der Waals surface area (Å²) in [5.41, 5.74) is 0.983. The minimum Gasteiger partial charge on any atom is -0.378 e. The van der Waals surface area contributed by atoms with Crippen LogP contribution >= 0.6 is 11.3 Å². The van der Waals surface area contributed by atoms with Crippen molar-refractivity contribution in [1.82, 2.24) is 30.4 Å². The van der Waals surface area contributed by atoms with E-state index < -0.39 is 36.2 Å². The van der Waals surface area contributed by atoms with E-state index in [9.17, 15) is 19.2 Å². The summed E-state index contributed by atoms with van der Waals surface area (Å²) in [6, 6.07) is 3.65. The number of morpholine rings is 1. The lowest BCUT2D eigenvalue weighted by Gasteiger charge is -2.50. The first-order valence-electron chi connectivity index (χ1n) is 15.6. The molecule has 1 aliphatic carbocycles. The molecule has 3 atom stereocenters. The van der Waals surface area contributed by atoms with E-state index in [-0.39, 0.29) is 41.9 Å². The molecule has 224 valence electrons. The first-order chi connectivity index (χ1) is 21.3. The number of aromatic nitrogens is 2. The Balaban J connectivity index is 1.26. The average molecular weight is 599 g/mol. The smallest absolute Gasteiger partial charge is 0.265 e. The maximum absolute atomic E-state index is 14.1. The fourth-order valence-corrected chi connectivity index (χ4v) is 7.01. The van der Waals surface area contributed by atoms with Gasteiger partial charge in [-0.25, -0.2) is 4.98 Å². The van der Waals surface area contributed by atoms with Crippen molar-refractivity contribution in [3.05, 3.63) is 40.5 Å². The number of carbonyl (C=O) groups is 4. The van der Waals surface area contributed by atoms with Crippen LogP contribution in [0.2, 0.25) is 0 Å². The normalized spacial score (nSPS) is 26.0. The second-order valence-electron chi connectivity index (χ2n) is 12.4. The molecule has 3 aliphatic heterocycles. The fourth-order valence-electron chi connectivity index (χ4n) is 6.42. The van der Waals surface area contributed by atoms with Crippen LogP contribution < -0.4 is 15.5 Å². The molecule has 0 aromatic carbocycles. The molecular weight excluding hydrogens is 558 g/mol. The number of carbonyl (C=O) groups excluding carboxylic acids is 4. The number of amides is 4. The third-order valence-corrected chi connectivity index (χ3v) is 9.85. The Morgan fingerprint density at radius 2 is 1.86 bits per heavy atom. The molecule has 12 nitrogen and oxygen atoms in total. The Labute approximate surface area is 253 Å². The lowest BCUT2D eigenvalue weighted by Crippen LogP contribution is -2.64. The number of hydrogen-bond donors (Lipinski definition) is 2. The number of anilines is 1. The first kappa shape index (κ1) is 25.0. The predicted molar refractivity (Wildman–Crippen MR) is 155 cm³/mol. The van der Waals surface area contributed by atoms with Crippen molar-refractivity contribution in [2.45, 2.75) is 26.3 Å². The van der Waals surface area contributed by atoms with E-state index in [1.165, 1.54) is 17.5 Å². The number of nitrogens with zero attached hydrogens (tertiary/aromatic N) is 5. The number of nitrogens with one attached hydrogen (secondary N) is 2. The lowest BCUT2D eigenvalue weighted by molar-refractivity contribution is -0.151. The molecule has 5 heterocycles. The van der Waals surface area contributed by atoms with Crippen LogP contribution in [0.3, 0.4) is 0 Å². The van der Waals surface area contributed by atoms with Crippen molar-refractivity contribution < 1.29 is 28.0 Å². The molecule has 2 aromatic rings. The SMILES string of the molecule is [2H]C([2H])([2H])NC(=O)C(NC(=O)[C@@H]1CN(C(=O)c2cncs2)CC12CN(C(=O)[C@H]1CC1(C)C)C2)c1cccc(N2CCOCC2)n1. The van der Waals surface area contributed by atoms with Crippen LogP contribution in [0.5, 0.6) is 0 Å². The zero-order valence-electron chi connectivity index (χ0n) is 26.7. The Kier molecular flexibility index (Phi) is 6.49. The second-order valence-corrected chi connectivity index (χ2v) is 13.2. The summed E-state index contributed by atoms with van der Waals surface area (Å²) >= 11 is 1.21. The van der Waals surface area contributed by atoms with Gasteiger partial charge in [0.05, 0.1) is 36.5 Å². The monoisotopic (exact) mass is 598 g/mol. The van der Waals surface area contributed by atoms with Gasteiger partial charge in [0.25, 0.3) is 5.91 Å². The quantitative estimate of drug-likeness (QED) is 0.480. The van der Waals surface area contributed by atoms with E-state index in [4.69, 9.17) is 8.85 Å². The number of likely N-dealkylation sites (N-methyl/N-ethyl adjacent to an activating group) is 1. The molecule has 4 amide bonds. The number of pyridine rings is 1. The minimum atomic E-state index is -2.79. The Bertz CT molecular complexity index is 1470. The standard InChI is InChI=1S/C29H37N7O5S/c1-28(2)11-18(28)26(39)36-15-29(16-36)14-35(27(40)21-12-31-17-42-21)13-19(29)24(37)33-23(25(38)30-3)20-5-4-6-22(32-20)34-7-9-41-10-8-34/h4-6,12,17-19,23H,7-11,13-16H2,1-3H3,(H,30,38)(H,33,37)/t18-,19+,23?/m1/s1/i3D3. The lowest BCUT2D eigenvalue weighted by atomic mass is 9.70. The predicted octanol–water partition coefficient (Wildman–Crippen LogP) is 0.925. The van der Waals surface area contributed by atoms with Gasteiger partial charge in [0.2, 0.25) is 17.7 Å². The first-order valence-corrected chi connectivity index (χ1v) is 15.0. The topological polar surface area (TPSA) is 137 Å². The Morgan fingerprint density at radius 3 is 2.52 bits per heavy atom. The molecule has 0 radical (unpaired) electrons. The molecule has 3 saturated heterocycles. The van der Waals surface area contributed by atoms with Crippen LogP contribution in [0.1, 0.15) is 45.8 Å². The summed E-state index contributed by atoms with van der Waals surface area (Å²) < 4.78 is 28.2. The molecule has 1 saturated carbocycles. The largest absolute Gasteiger partial charge is 0.378 e. The van der Waals surface area contributed by atoms with Crippen LogP contribution in [-0.2, 0) is 19.1 Å². The van der Waals surface area contributed by atoms with Crippen LogP contribution in [0.25, 0.3) is 0 Å². The van der Waals surface area contributed by atoms with Crippen LogP contribution in [0.15, 0.2) is 29.9 Å². The summed E-state index contributed by atoms with van der Waals surface area (Å²) in [6.07, 6.45) is 2.30. The number of hydrogen-bond acceptors (Lipinski definition) is 9. The Hall–Kier alpha value is -3.58. The van der Waals surface area contributed by atoms with Gasteiger partial charge in [-0.2, -0.15) is 0 Å². The van der Waals surface area contributed by atoms with Gasteiger partial charge in [-0.1, -0.05) is 19.9 Å². The van der Waals surface area contributed by atoms with Crippen molar-refractivity contribution in [2.24, 2.45) is 22.7 Å². The Morgan fingerprint density at radius 1 is 1.12 bits per heavy atom. The highest BCUT2D eigenvalue weighted by Crippen LogP contribution is 2.54. The molecule has 42 heavy (non-hydrogen) atoms. The van der Waals surface area contributed by atoms with Crippen LogP contribution in [0, 0.1) is 22.7 Å². The van der Waals surface area contributed by atoms with Gasteiger partial charge in [0.15, 0.2) is 6.04 Å². The summed E-state index contributed by atoms with van der Waals surface area (Å²) in [5.74, 6) is -1.88. The molecule has 1 spiro atoms. The molecule has 4 fully saturated rings. The third kappa shape index (κ3) is 5.24. The zero-order valence-corrected chi connectivity index (χ0v) is 24.5. The zero-order chi connectivity index (χ0) is 32.1. The molecule has 6 rings (SSSR count). The van der Waals surface area contributed by atoms with Crippen molar-refractivity contribution in [1.29, 1.82) is 0 Å². The number of rotatable bonds is 7. The van der Waals surface area contributed by atoms with Gasteiger partial charge in [0, 0.05) is 61.7 Å². The van der Waals surface area contributed by atoms with Crippen LogP contribution in [0.4, 0.5) is 5.82 Å². The maximum atomic E-state index is 14.1. The molecule has 0 bridgehead atoms. The third-order valence-electron chi connectivity index (χ3n) is 9.09. The van der Waals surface area contributed by atoms with Gasteiger partial charge in [-0.3, -0.25) is 24.2 Å². The number of thiazole rings is 1. The van der Waals surface area contributed by atoms with E-state index in [1.54, 1.807) is 33.5 Å². The summed E-state index contributed by atoms with van der Waals surface area (Å²) in [4.78, 5) is 68.5. The number of likely N-dealkylation sites (tertiary alicyclic amines) is 2. The summed E-state index contributed by atoms with van der Waals surface area (Å²) in [7, 11) is 0. The molecule has 1 unspecified atom stereocenters. The molecule has 13 heteroatoms. The highest BCUT2D eigenvalue weighted by molar-refractivity contribution is 7.11. The summed E-state index contributed by atoms with van der Waals surface area (Å²) in [5, 5.41) is 4.79. The van der Waals surface area contributed by atoms with Crippen LogP contribution in [-0.4, -0.2) is 103 Å². The van der Waals surface area contributed by atoms with Gasteiger partial charge in [-0.05, 0) is 24.0 Å². The van der Waals surface area contributed by atoms with Gasteiger partial charge in [0.1, 0.15) is 10.7 Å². The van der Waals surface area contributed by atoms with Crippen molar-refractivity contribution in [2.75, 3.05) is 64.4 Å². The minimum absolute atomic E-state index is 0.0490. The highest BCUT2D eigenvalue weighted by atomic mass is 32.1. The van der Waals surface area contributed by atoms with Gasteiger partial charge < -0.3 is 30.1 Å². The van der Waals surface area contributed by atoms with Gasteiger partial charge in [-0.15, -0.1) is 11.3 Å². The van der Waals surface area contributed by atoms with E-state index >= 15 is 0 Å². The summed E-state index contributed by atoms with van der Waals surface area (Å²) in [6.45, 7) is 4.49. The van der Waals surface area contributed by atoms with Crippen molar-refractivity contribution >= 4 is 40.8 Å². The van der Waals surface area contributed by atoms with Crippen molar-refractivity contribution in [3.8, 4) is 0 Å². The van der Waals surface area contributed by atoms with E-state index in [1.807, 2.05) is 10.2 Å². The van der Waals surface area contributed by atoms with E-state index in [0.29, 0.717) is 50.1 Å². The molecular formula is C29H37N7O5S. The second kappa shape index (κ2) is 10.9. The average Bonchev–Trinajstić information content (AvgIpc) is 3.35. The van der Waals surface area contributed by atoms with E-state index in [0.717, 1.165) is 6.42 Å². The van der Waals surface area contributed by atoms with Gasteiger partial charge >= 0.3 is 0 Å². The highest BCUT2D eigenvalue weighted by Gasteiger charge is 2.62. The fraction of sp³-hybridized carbons (Fsp3) is 0.586. The molecule has 4 aliphatic rings. The molecule has 2 N–H and O–H groups in total.